The van der Waals surface area contributed by atoms with E-state index in [1.165, 1.54) is 0 Å². The maximum Gasteiger partial charge on any atom is 0.329 e. The van der Waals surface area contributed by atoms with Gasteiger partial charge in [-0.2, -0.15) is 0 Å². The number of nitrogens with one attached hydrogen (secondary N) is 1. The molecular weight excluding hydrogens is 248 g/mol. The van der Waals surface area contributed by atoms with Gasteiger partial charge >= 0.3 is 5.97 Å². The van der Waals surface area contributed by atoms with Crippen molar-refractivity contribution in [3.63, 3.8) is 0 Å². The summed E-state index contributed by atoms with van der Waals surface area (Å²) < 4.78 is 6.73. The third kappa shape index (κ3) is 2.63. The van der Waals surface area contributed by atoms with Gasteiger partial charge in [-0.25, -0.2) is 4.79 Å². The SMILES string of the molecule is COCCn1cccc1C(=O)NC1(C(=O)O)CCC1. The number of aliphatic carboxylic acids is 1. The molecule has 0 unspecified atom stereocenters. The predicted molar refractivity (Wildman–Crippen MR) is 68.0 cm³/mol. The molecule has 1 heterocycles. The number of hydrogen-bond acceptors (Lipinski definition) is 3. The Balaban J connectivity index is 2.07. The summed E-state index contributed by atoms with van der Waals surface area (Å²) in [6.45, 7) is 1.06. The van der Waals surface area contributed by atoms with E-state index in [-0.39, 0.29) is 5.91 Å². The molecule has 6 heteroatoms. The molecule has 1 aromatic rings. The Hall–Kier alpha value is -1.82. The minimum atomic E-state index is -1.08. The van der Waals surface area contributed by atoms with E-state index < -0.39 is 11.5 Å². The van der Waals surface area contributed by atoms with Gasteiger partial charge in [0.1, 0.15) is 11.2 Å². The van der Waals surface area contributed by atoms with Gasteiger partial charge in [0.05, 0.1) is 6.61 Å². The molecule has 1 aliphatic rings. The third-order valence-electron chi connectivity index (χ3n) is 3.57. The van der Waals surface area contributed by atoms with Crippen LogP contribution in [0.5, 0.6) is 0 Å². The van der Waals surface area contributed by atoms with E-state index in [0.717, 1.165) is 6.42 Å². The zero-order chi connectivity index (χ0) is 13.9. The zero-order valence-electron chi connectivity index (χ0n) is 10.9. The average Bonchev–Trinajstić information content (AvgIpc) is 2.78. The summed E-state index contributed by atoms with van der Waals surface area (Å²) in [6, 6.07) is 3.44. The van der Waals surface area contributed by atoms with Crippen LogP contribution in [0.2, 0.25) is 0 Å². The standard InChI is InChI=1S/C13H18N2O4/c1-19-9-8-15-7-2-4-10(15)11(16)14-13(12(17)18)5-3-6-13/h2,4,7H,3,5-6,8-9H2,1H3,(H,14,16)(H,17,18). The summed E-state index contributed by atoms with van der Waals surface area (Å²) in [5.74, 6) is -1.30. The van der Waals surface area contributed by atoms with E-state index in [1.807, 2.05) is 0 Å². The van der Waals surface area contributed by atoms with Crippen LogP contribution < -0.4 is 5.32 Å². The van der Waals surface area contributed by atoms with Crippen molar-refractivity contribution in [2.24, 2.45) is 0 Å². The number of amides is 1. The lowest BCUT2D eigenvalue weighted by Crippen LogP contribution is -2.59. The fourth-order valence-electron chi connectivity index (χ4n) is 2.21. The van der Waals surface area contributed by atoms with Crippen LogP contribution in [-0.4, -0.2) is 40.8 Å². The first-order valence-corrected chi connectivity index (χ1v) is 6.29. The summed E-state index contributed by atoms with van der Waals surface area (Å²) in [4.78, 5) is 23.4. The Bertz CT molecular complexity index is 477. The fourth-order valence-corrected chi connectivity index (χ4v) is 2.21. The molecule has 19 heavy (non-hydrogen) atoms. The van der Waals surface area contributed by atoms with Gasteiger partial charge in [-0.05, 0) is 31.4 Å². The van der Waals surface area contributed by atoms with Crippen molar-refractivity contribution in [1.29, 1.82) is 0 Å². The highest BCUT2D eigenvalue weighted by atomic mass is 16.5. The lowest BCUT2D eigenvalue weighted by molar-refractivity contribution is -0.148. The molecular formula is C13H18N2O4. The summed E-state index contributed by atoms with van der Waals surface area (Å²) in [5, 5.41) is 11.8. The minimum absolute atomic E-state index is 0.344. The topological polar surface area (TPSA) is 80.6 Å². The van der Waals surface area contributed by atoms with Gasteiger partial charge in [0.2, 0.25) is 0 Å². The van der Waals surface area contributed by atoms with E-state index in [9.17, 15) is 14.7 Å². The van der Waals surface area contributed by atoms with Crippen molar-refractivity contribution < 1.29 is 19.4 Å². The Kier molecular flexibility index (Phi) is 3.90. The molecule has 0 aliphatic heterocycles. The van der Waals surface area contributed by atoms with Crippen LogP contribution in [0, 0.1) is 0 Å². The predicted octanol–water partition coefficient (Wildman–Crippen LogP) is 0.872. The number of carboxylic acids is 1. The molecule has 0 spiro atoms. The number of aromatic nitrogens is 1. The van der Waals surface area contributed by atoms with Crippen molar-refractivity contribution in [2.45, 2.75) is 31.3 Å². The molecule has 1 fully saturated rings. The van der Waals surface area contributed by atoms with Crippen LogP contribution in [-0.2, 0) is 16.1 Å². The van der Waals surface area contributed by atoms with Gasteiger partial charge in [0.25, 0.3) is 5.91 Å². The van der Waals surface area contributed by atoms with Crippen LogP contribution in [0.15, 0.2) is 18.3 Å². The molecule has 104 valence electrons. The van der Waals surface area contributed by atoms with Crippen LogP contribution in [0.4, 0.5) is 0 Å². The molecule has 0 aromatic carbocycles. The summed E-state index contributed by atoms with van der Waals surface area (Å²) in [6.07, 6.45) is 3.60. The van der Waals surface area contributed by atoms with Crippen LogP contribution in [0.25, 0.3) is 0 Å². The molecule has 0 bridgehead atoms. The van der Waals surface area contributed by atoms with Gasteiger partial charge in [-0.3, -0.25) is 4.79 Å². The molecule has 1 saturated carbocycles. The highest BCUT2D eigenvalue weighted by Gasteiger charge is 2.46. The van der Waals surface area contributed by atoms with Crippen molar-refractivity contribution in [1.82, 2.24) is 9.88 Å². The lowest BCUT2D eigenvalue weighted by Gasteiger charge is -2.38. The first kappa shape index (κ1) is 13.6. The van der Waals surface area contributed by atoms with Gasteiger partial charge in [-0.15, -0.1) is 0 Å². The fraction of sp³-hybridized carbons (Fsp3) is 0.538. The van der Waals surface area contributed by atoms with E-state index >= 15 is 0 Å². The number of nitrogens with zero attached hydrogens (tertiary/aromatic N) is 1. The second-order valence-corrected chi connectivity index (χ2v) is 4.77. The maximum atomic E-state index is 12.2. The average molecular weight is 266 g/mol. The Morgan fingerprint density at radius 3 is 2.79 bits per heavy atom. The summed E-state index contributed by atoms with van der Waals surface area (Å²) >= 11 is 0. The third-order valence-corrected chi connectivity index (χ3v) is 3.57. The van der Waals surface area contributed by atoms with E-state index in [1.54, 1.807) is 30.0 Å². The number of rotatable bonds is 6. The molecule has 0 atom stereocenters. The highest BCUT2D eigenvalue weighted by molar-refractivity contribution is 5.97. The number of carboxylic acid groups (broad SMARTS) is 1. The molecule has 0 radical (unpaired) electrons. The molecule has 2 N–H and O–H groups in total. The highest BCUT2D eigenvalue weighted by Crippen LogP contribution is 2.32. The Morgan fingerprint density at radius 1 is 1.53 bits per heavy atom. The van der Waals surface area contributed by atoms with Gasteiger partial charge in [0.15, 0.2) is 0 Å². The van der Waals surface area contributed by atoms with Gasteiger partial charge in [0, 0.05) is 19.9 Å². The van der Waals surface area contributed by atoms with E-state index in [4.69, 9.17) is 4.74 Å². The van der Waals surface area contributed by atoms with E-state index in [2.05, 4.69) is 5.32 Å². The molecule has 6 nitrogen and oxygen atoms in total. The number of hydrogen-bond donors (Lipinski definition) is 2. The molecule has 0 saturated heterocycles. The normalized spacial score (nSPS) is 16.7. The monoisotopic (exact) mass is 266 g/mol. The molecule has 1 amide bonds. The smallest absolute Gasteiger partial charge is 0.329 e. The first-order chi connectivity index (χ1) is 9.09. The number of carbonyl (C=O) groups is 2. The number of carbonyl (C=O) groups excluding carboxylic acids is 1. The van der Waals surface area contributed by atoms with Crippen molar-refractivity contribution in [3.05, 3.63) is 24.0 Å². The quantitative estimate of drug-likeness (QED) is 0.800. The van der Waals surface area contributed by atoms with Crippen molar-refractivity contribution >= 4 is 11.9 Å². The maximum absolute atomic E-state index is 12.2. The molecule has 1 aromatic heterocycles. The Labute approximate surface area is 111 Å². The lowest BCUT2D eigenvalue weighted by atomic mass is 9.76. The number of ether oxygens (including phenoxy) is 1. The van der Waals surface area contributed by atoms with Crippen LogP contribution in [0.1, 0.15) is 29.8 Å². The van der Waals surface area contributed by atoms with E-state index in [0.29, 0.717) is 31.7 Å². The second kappa shape index (κ2) is 5.44. The summed E-state index contributed by atoms with van der Waals surface area (Å²) in [5.41, 5.74) is -0.613. The first-order valence-electron chi connectivity index (χ1n) is 6.29. The summed E-state index contributed by atoms with van der Waals surface area (Å²) in [7, 11) is 1.59. The van der Waals surface area contributed by atoms with Crippen LogP contribution >= 0.6 is 0 Å². The van der Waals surface area contributed by atoms with Crippen molar-refractivity contribution in [3.8, 4) is 0 Å². The van der Waals surface area contributed by atoms with Gasteiger partial charge < -0.3 is 19.7 Å². The second-order valence-electron chi connectivity index (χ2n) is 4.77. The molecule has 2 rings (SSSR count). The Morgan fingerprint density at radius 2 is 2.26 bits per heavy atom. The largest absolute Gasteiger partial charge is 0.480 e. The minimum Gasteiger partial charge on any atom is -0.480 e. The van der Waals surface area contributed by atoms with Crippen molar-refractivity contribution in [2.75, 3.05) is 13.7 Å². The van der Waals surface area contributed by atoms with Gasteiger partial charge in [-0.1, -0.05) is 0 Å². The number of methoxy groups -OCH3 is 1. The molecule has 1 aliphatic carbocycles. The zero-order valence-corrected chi connectivity index (χ0v) is 10.9. The van der Waals surface area contributed by atoms with Crippen LogP contribution in [0.3, 0.4) is 0 Å².